The van der Waals surface area contributed by atoms with Crippen LogP contribution in [0.3, 0.4) is 0 Å². The molecule has 0 unspecified atom stereocenters. The molecule has 2 aromatic carbocycles. The van der Waals surface area contributed by atoms with E-state index in [2.05, 4.69) is 53.6 Å². The van der Waals surface area contributed by atoms with E-state index in [9.17, 15) is 4.79 Å². The number of benzene rings is 2. The van der Waals surface area contributed by atoms with Gasteiger partial charge in [0.1, 0.15) is 23.4 Å². The molecule has 1 heterocycles. The molecule has 0 fully saturated rings. The van der Waals surface area contributed by atoms with Crippen LogP contribution in [-0.4, -0.2) is 34.5 Å². The second kappa shape index (κ2) is 6.93. The van der Waals surface area contributed by atoms with E-state index in [1.807, 2.05) is 12.1 Å². The number of aromatic nitrogens is 3. The Kier molecular flexibility index (Phi) is 4.70. The van der Waals surface area contributed by atoms with Crippen molar-refractivity contribution in [1.29, 1.82) is 0 Å². The molecule has 0 bridgehead atoms. The van der Waals surface area contributed by atoms with Crippen LogP contribution in [-0.2, 0) is 5.41 Å². The highest BCUT2D eigenvalue weighted by Crippen LogP contribution is 2.24. The lowest BCUT2D eigenvalue weighted by atomic mass is 9.87. The first-order valence-electron chi connectivity index (χ1n) is 8.25. The number of H-pyrrole nitrogens is 1. The summed E-state index contributed by atoms with van der Waals surface area (Å²) in [5.74, 6) is 0.642. The minimum absolute atomic E-state index is 0.122. The first-order chi connectivity index (χ1) is 11.9. The Morgan fingerprint density at radius 1 is 1.08 bits per heavy atom. The molecule has 0 radical (unpaired) electrons. The van der Waals surface area contributed by atoms with Gasteiger partial charge in [0.2, 0.25) is 0 Å². The zero-order valence-electron chi connectivity index (χ0n) is 14.7. The van der Waals surface area contributed by atoms with Crippen molar-refractivity contribution >= 4 is 16.9 Å². The fraction of sp³-hybridized carbons (Fsp3) is 0.316. The molecular weight excluding hydrogens is 316 g/mol. The standard InChI is InChI=1S/C19H22N4O2/c1-19(2,3)14-5-7-15(8-6-14)25-11-10-20-18(24)13-4-9-16-17(12-13)22-23-21-16/h4-9,12H,10-11H2,1-3H3,(H,20,24)(H,21,22,23). The van der Waals surface area contributed by atoms with Crippen LogP contribution in [0.25, 0.3) is 11.0 Å². The van der Waals surface area contributed by atoms with Gasteiger partial charge in [-0.3, -0.25) is 4.79 Å². The predicted octanol–water partition coefficient (Wildman–Crippen LogP) is 3.06. The highest BCUT2D eigenvalue weighted by Gasteiger charge is 2.13. The van der Waals surface area contributed by atoms with Gasteiger partial charge in [-0.2, -0.15) is 15.4 Å². The van der Waals surface area contributed by atoms with Crippen LogP contribution in [0, 0.1) is 0 Å². The van der Waals surface area contributed by atoms with Crippen LogP contribution in [0.2, 0.25) is 0 Å². The topological polar surface area (TPSA) is 79.9 Å². The van der Waals surface area contributed by atoms with Crippen LogP contribution < -0.4 is 10.1 Å². The fourth-order valence-electron chi connectivity index (χ4n) is 2.47. The molecule has 3 aromatic rings. The minimum atomic E-state index is -0.156. The van der Waals surface area contributed by atoms with Crippen molar-refractivity contribution in [1.82, 2.24) is 20.7 Å². The van der Waals surface area contributed by atoms with E-state index in [1.54, 1.807) is 18.2 Å². The van der Waals surface area contributed by atoms with Crippen molar-refractivity contribution < 1.29 is 9.53 Å². The lowest BCUT2D eigenvalue weighted by molar-refractivity contribution is 0.0947. The van der Waals surface area contributed by atoms with Crippen LogP contribution in [0.1, 0.15) is 36.7 Å². The Morgan fingerprint density at radius 2 is 1.80 bits per heavy atom. The molecule has 130 valence electrons. The maximum absolute atomic E-state index is 12.2. The lowest BCUT2D eigenvalue weighted by Crippen LogP contribution is -2.28. The average molecular weight is 338 g/mol. The van der Waals surface area contributed by atoms with Gasteiger partial charge < -0.3 is 10.1 Å². The number of fused-ring (bicyclic) bond motifs is 1. The number of amides is 1. The first-order valence-corrected chi connectivity index (χ1v) is 8.25. The Morgan fingerprint density at radius 3 is 2.52 bits per heavy atom. The van der Waals surface area contributed by atoms with Gasteiger partial charge in [-0.25, -0.2) is 0 Å². The van der Waals surface area contributed by atoms with Crippen LogP contribution in [0.5, 0.6) is 5.75 Å². The van der Waals surface area contributed by atoms with E-state index < -0.39 is 0 Å². The SMILES string of the molecule is CC(C)(C)c1ccc(OCCNC(=O)c2ccc3n[nH]nc3c2)cc1. The molecule has 1 aromatic heterocycles. The zero-order chi connectivity index (χ0) is 17.9. The van der Waals surface area contributed by atoms with Crippen LogP contribution >= 0.6 is 0 Å². The van der Waals surface area contributed by atoms with Gasteiger partial charge in [0.25, 0.3) is 5.91 Å². The summed E-state index contributed by atoms with van der Waals surface area (Å²) in [5.41, 5.74) is 3.34. The highest BCUT2D eigenvalue weighted by atomic mass is 16.5. The van der Waals surface area contributed by atoms with E-state index >= 15 is 0 Å². The number of nitrogens with one attached hydrogen (secondary N) is 2. The Bertz CT molecular complexity index is 863. The molecule has 0 aliphatic rings. The quantitative estimate of drug-likeness (QED) is 0.701. The minimum Gasteiger partial charge on any atom is -0.492 e. The predicted molar refractivity (Wildman–Crippen MR) is 96.9 cm³/mol. The molecule has 6 nitrogen and oxygen atoms in total. The molecule has 1 amide bonds. The number of rotatable bonds is 5. The summed E-state index contributed by atoms with van der Waals surface area (Å²) < 4.78 is 5.68. The monoisotopic (exact) mass is 338 g/mol. The molecular formula is C19H22N4O2. The van der Waals surface area contributed by atoms with E-state index in [0.29, 0.717) is 24.2 Å². The Labute approximate surface area is 146 Å². The molecule has 2 N–H and O–H groups in total. The van der Waals surface area contributed by atoms with Crippen molar-refractivity contribution in [3.8, 4) is 5.75 Å². The number of carbonyl (C=O) groups excluding carboxylic acids is 1. The van der Waals surface area contributed by atoms with Gasteiger partial charge in [-0.15, -0.1) is 0 Å². The second-order valence-corrected chi connectivity index (χ2v) is 6.91. The van der Waals surface area contributed by atoms with Crippen molar-refractivity contribution in [3.63, 3.8) is 0 Å². The largest absolute Gasteiger partial charge is 0.492 e. The molecule has 0 aliphatic carbocycles. The van der Waals surface area contributed by atoms with Gasteiger partial charge in [-0.1, -0.05) is 32.9 Å². The summed E-state index contributed by atoms with van der Waals surface area (Å²) in [6, 6.07) is 13.3. The number of hydrogen-bond donors (Lipinski definition) is 2. The summed E-state index contributed by atoms with van der Waals surface area (Å²) in [6.45, 7) is 7.36. The van der Waals surface area contributed by atoms with E-state index in [0.717, 1.165) is 11.3 Å². The zero-order valence-corrected chi connectivity index (χ0v) is 14.7. The van der Waals surface area contributed by atoms with Gasteiger partial charge in [-0.05, 0) is 41.3 Å². The summed E-state index contributed by atoms with van der Waals surface area (Å²) in [4.78, 5) is 12.2. The van der Waals surface area contributed by atoms with E-state index in [4.69, 9.17) is 4.74 Å². The first kappa shape index (κ1) is 17.0. The molecule has 0 aliphatic heterocycles. The van der Waals surface area contributed by atoms with Gasteiger partial charge in [0, 0.05) is 5.56 Å². The number of carbonyl (C=O) groups is 1. The molecule has 25 heavy (non-hydrogen) atoms. The van der Waals surface area contributed by atoms with Crippen molar-refractivity contribution in [2.45, 2.75) is 26.2 Å². The van der Waals surface area contributed by atoms with Crippen LogP contribution in [0.15, 0.2) is 42.5 Å². The van der Waals surface area contributed by atoms with Gasteiger partial charge in [0.05, 0.1) is 6.54 Å². The summed E-state index contributed by atoms with van der Waals surface area (Å²) in [6.07, 6.45) is 0. The molecule has 3 rings (SSSR count). The Hall–Kier alpha value is -2.89. The number of ether oxygens (including phenoxy) is 1. The maximum atomic E-state index is 12.2. The molecule has 6 heteroatoms. The molecule has 0 atom stereocenters. The fourth-order valence-corrected chi connectivity index (χ4v) is 2.47. The summed E-state index contributed by atoms with van der Waals surface area (Å²) in [7, 11) is 0. The van der Waals surface area contributed by atoms with Crippen molar-refractivity contribution in [2.24, 2.45) is 0 Å². The molecule has 0 saturated heterocycles. The molecule has 0 saturated carbocycles. The number of nitrogens with zero attached hydrogens (tertiary/aromatic N) is 2. The lowest BCUT2D eigenvalue weighted by Gasteiger charge is -2.19. The highest BCUT2D eigenvalue weighted by molar-refractivity contribution is 5.97. The maximum Gasteiger partial charge on any atom is 0.251 e. The smallest absolute Gasteiger partial charge is 0.251 e. The number of hydrogen-bond acceptors (Lipinski definition) is 4. The number of aromatic amines is 1. The van der Waals surface area contributed by atoms with E-state index in [1.165, 1.54) is 5.56 Å². The summed E-state index contributed by atoms with van der Waals surface area (Å²) in [5, 5.41) is 13.3. The van der Waals surface area contributed by atoms with Crippen molar-refractivity contribution in [3.05, 3.63) is 53.6 Å². The Balaban J connectivity index is 1.48. The average Bonchev–Trinajstić information content (AvgIpc) is 3.06. The van der Waals surface area contributed by atoms with Crippen molar-refractivity contribution in [2.75, 3.05) is 13.2 Å². The summed E-state index contributed by atoms with van der Waals surface area (Å²) >= 11 is 0. The second-order valence-electron chi connectivity index (χ2n) is 6.91. The normalized spacial score (nSPS) is 11.5. The van der Waals surface area contributed by atoms with Gasteiger partial charge >= 0.3 is 0 Å². The molecule has 0 spiro atoms. The third kappa shape index (κ3) is 4.15. The third-order valence-corrected chi connectivity index (χ3v) is 3.96. The van der Waals surface area contributed by atoms with E-state index in [-0.39, 0.29) is 11.3 Å². The third-order valence-electron chi connectivity index (χ3n) is 3.96. The van der Waals surface area contributed by atoms with Crippen LogP contribution in [0.4, 0.5) is 0 Å². The van der Waals surface area contributed by atoms with Gasteiger partial charge in [0.15, 0.2) is 0 Å².